The average molecular weight is 633 g/mol. The number of carbonyl (C=O) groups is 1. The van der Waals surface area contributed by atoms with Crippen LogP contribution in [0.2, 0.25) is 10.0 Å². The molecule has 0 fully saturated rings. The fourth-order valence-electron chi connectivity index (χ4n) is 4.11. The fourth-order valence-corrected chi connectivity index (χ4v) is 9.64. The monoisotopic (exact) mass is 630 g/mol. The molecule has 32 heavy (non-hydrogen) atoms. The highest BCUT2D eigenvalue weighted by Gasteiger charge is 2.60. The first kappa shape index (κ1) is 24.9. The number of Topliss-reactive ketones (excluding diaryl/α,β-unsaturated/α-hetero) is 1. The molecule has 4 rings (SSSR count). The van der Waals surface area contributed by atoms with E-state index < -0.39 is 9.49 Å². The number of alkyl halides is 2. The van der Waals surface area contributed by atoms with Crippen molar-refractivity contribution in [2.45, 2.75) is 43.5 Å². The molecule has 1 nitrogen and oxygen atoms in total. The minimum atomic E-state index is -0.972. The first-order chi connectivity index (χ1) is 15.1. The van der Waals surface area contributed by atoms with Gasteiger partial charge in [-0.2, -0.15) is 0 Å². The van der Waals surface area contributed by atoms with Gasteiger partial charge in [0, 0.05) is 10.0 Å². The molecule has 2 aliphatic rings. The summed E-state index contributed by atoms with van der Waals surface area (Å²) < 4.78 is -2.65. The number of halogens is 4. The third-order valence-corrected chi connectivity index (χ3v) is 12.5. The summed E-state index contributed by atoms with van der Waals surface area (Å²) in [6.07, 6.45) is 9.87. The zero-order valence-electron chi connectivity index (χ0n) is 17.6. The van der Waals surface area contributed by atoms with Gasteiger partial charge in [-0.25, -0.2) is 0 Å². The lowest BCUT2D eigenvalue weighted by molar-refractivity contribution is -0.121. The molecule has 2 aromatic carbocycles. The molecule has 0 radical (unpaired) electrons. The number of hydrogen-bond donors (Lipinski definition) is 0. The summed E-state index contributed by atoms with van der Waals surface area (Å²) in [6.45, 7) is 4.21. The van der Waals surface area contributed by atoms with Gasteiger partial charge in [-0.1, -0.05) is 130 Å². The van der Waals surface area contributed by atoms with E-state index >= 15 is 0 Å². The second-order valence-electron chi connectivity index (χ2n) is 7.91. The highest BCUT2D eigenvalue weighted by Crippen LogP contribution is 2.65. The summed E-state index contributed by atoms with van der Waals surface area (Å²) >= 11 is 24.3. The molecule has 0 spiro atoms. The summed E-state index contributed by atoms with van der Waals surface area (Å²) in [6, 6.07) is 15.3. The second-order valence-corrected chi connectivity index (χ2v) is 15.8. The molecule has 7 heteroatoms. The topological polar surface area (TPSA) is 17.1 Å². The van der Waals surface area contributed by atoms with Crippen molar-refractivity contribution in [2.24, 2.45) is 0 Å². The van der Waals surface area contributed by atoms with E-state index in [-0.39, 0.29) is 13.1 Å². The lowest BCUT2D eigenvalue weighted by Gasteiger charge is -2.39. The standard InChI is InChI=1S/C25H22Br2Cl2OS2/c1-3-22(26)13-15-24(31-22,17-9-5-7-11-19(17)28)21(30)25(16-14-23(27,4-2)32-25)18-10-6-8-12-20(18)29/h5-16H,3-4H2,1-2H3. The Kier molecular flexibility index (Phi) is 7.11. The Labute approximate surface area is 225 Å². The van der Waals surface area contributed by atoms with Crippen molar-refractivity contribution in [3.8, 4) is 0 Å². The summed E-state index contributed by atoms with van der Waals surface area (Å²) in [7, 11) is 0. The third-order valence-electron chi connectivity index (χ3n) is 5.98. The molecular weight excluding hydrogens is 611 g/mol. The molecule has 0 N–H and O–H groups in total. The maximum absolute atomic E-state index is 14.9. The summed E-state index contributed by atoms with van der Waals surface area (Å²) in [5, 5.41) is 1.15. The second kappa shape index (κ2) is 9.13. The Balaban J connectivity index is 1.96. The predicted molar refractivity (Wildman–Crippen MR) is 149 cm³/mol. The molecule has 0 bridgehead atoms. The molecule has 2 aromatic rings. The van der Waals surface area contributed by atoms with Gasteiger partial charge in [0.15, 0.2) is 5.78 Å². The number of ketones is 1. The van der Waals surface area contributed by atoms with Crippen LogP contribution in [-0.4, -0.2) is 13.1 Å². The van der Waals surface area contributed by atoms with Crippen LogP contribution in [0.3, 0.4) is 0 Å². The van der Waals surface area contributed by atoms with Gasteiger partial charge in [-0.05, 0) is 36.1 Å². The van der Waals surface area contributed by atoms with E-state index in [4.69, 9.17) is 23.2 Å². The zero-order valence-corrected chi connectivity index (χ0v) is 23.9. The zero-order chi connectivity index (χ0) is 23.2. The molecule has 168 valence electrons. The van der Waals surface area contributed by atoms with Crippen molar-refractivity contribution in [1.82, 2.24) is 0 Å². The minimum Gasteiger partial charge on any atom is -0.295 e. The van der Waals surface area contributed by atoms with Crippen molar-refractivity contribution in [3.05, 3.63) is 94.0 Å². The van der Waals surface area contributed by atoms with Crippen LogP contribution >= 0.6 is 78.6 Å². The van der Waals surface area contributed by atoms with Gasteiger partial charge in [0.05, 0.1) is 7.31 Å². The number of hydrogen-bond acceptors (Lipinski definition) is 3. The van der Waals surface area contributed by atoms with Crippen molar-refractivity contribution in [1.29, 1.82) is 0 Å². The number of benzene rings is 2. The lowest BCUT2D eigenvalue weighted by Crippen LogP contribution is -2.44. The van der Waals surface area contributed by atoms with Crippen LogP contribution in [0.1, 0.15) is 37.8 Å². The smallest absolute Gasteiger partial charge is 0.181 e. The Morgan fingerprint density at radius 2 is 1.12 bits per heavy atom. The first-order valence-electron chi connectivity index (χ1n) is 10.4. The van der Waals surface area contributed by atoms with E-state index in [0.717, 1.165) is 24.0 Å². The van der Waals surface area contributed by atoms with Crippen molar-refractivity contribution in [3.63, 3.8) is 0 Å². The minimum absolute atomic E-state index is 0.0400. The van der Waals surface area contributed by atoms with Crippen molar-refractivity contribution >= 4 is 84.4 Å². The Morgan fingerprint density at radius 3 is 1.44 bits per heavy atom. The van der Waals surface area contributed by atoms with Gasteiger partial charge in [-0.15, -0.1) is 23.5 Å². The highest BCUT2D eigenvalue weighted by molar-refractivity contribution is 9.12. The molecule has 0 aliphatic carbocycles. The van der Waals surface area contributed by atoms with E-state index in [1.165, 1.54) is 0 Å². The van der Waals surface area contributed by atoms with Gasteiger partial charge in [0.2, 0.25) is 0 Å². The molecule has 0 amide bonds. The molecule has 4 unspecified atom stereocenters. The number of carbonyl (C=O) groups excluding carboxylic acids is 1. The van der Waals surface area contributed by atoms with Gasteiger partial charge in [-0.3, -0.25) is 4.79 Å². The van der Waals surface area contributed by atoms with Crippen LogP contribution in [0.5, 0.6) is 0 Å². The van der Waals surface area contributed by atoms with E-state index in [1.807, 2.05) is 60.7 Å². The normalized spacial score (nSPS) is 33.7. The number of thioether (sulfide) groups is 2. The maximum atomic E-state index is 14.9. The van der Waals surface area contributed by atoms with Gasteiger partial charge >= 0.3 is 0 Å². The van der Waals surface area contributed by atoms with E-state index in [9.17, 15) is 4.79 Å². The maximum Gasteiger partial charge on any atom is 0.181 e. The Morgan fingerprint density at radius 1 is 0.750 bits per heavy atom. The van der Waals surface area contributed by atoms with Crippen LogP contribution in [0.15, 0.2) is 72.8 Å². The van der Waals surface area contributed by atoms with E-state index in [1.54, 1.807) is 23.5 Å². The fraction of sp³-hybridized carbons (Fsp3) is 0.320. The molecule has 0 saturated heterocycles. The Bertz CT molecular complexity index is 1040. The summed E-state index contributed by atoms with van der Waals surface area (Å²) in [4.78, 5) is 14.9. The first-order valence-corrected chi connectivity index (χ1v) is 14.3. The molecular formula is C25H22Br2Cl2OS2. The highest BCUT2D eigenvalue weighted by atomic mass is 79.9. The van der Waals surface area contributed by atoms with Crippen LogP contribution in [0.4, 0.5) is 0 Å². The van der Waals surface area contributed by atoms with E-state index in [0.29, 0.717) is 10.0 Å². The van der Waals surface area contributed by atoms with Crippen molar-refractivity contribution in [2.75, 3.05) is 0 Å². The van der Waals surface area contributed by atoms with E-state index in [2.05, 4.69) is 57.9 Å². The summed E-state index contributed by atoms with van der Waals surface area (Å²) in [5.74, 6) is 0.0400. The van der Waals surface area contributed by atoms with Crippen LogP contribution in [-0.2, 0) is 14.3 Å². The molecule has 2 heterocycles. The van der Waals surface area contributed by atoms with Gasteiger partial charge in [0.1, 0.15) is 9.49 Å². The SMILES string of the molecule is CCC1(Br)C=CC(C(=O)C2(c3ccccc3Cl)C=CC(Br)(CC)S2)(c2ccccc2Cl)S1. The largest absolute Gasteiger partial charge is 0.295 e. The lowest BCUT2D eigenvalue weighted by atomic mass is 9.81. The summed E-state index contributed by atoms with van der Waals surface area (Å²) in [5.41, 5.74) is 1.60. The molecule has 0 aromatic heterocycles. The molecule has 0 saturated carbocycles. The van der Waals surface area contributed by atoms with Crippen molar-refractivity contribution < 1.29 is 4.79 Å². The Hall–Kier alpha value is -0.170. The number of rotatable bonds is 6. The predicted octanol–water partition coefficient (Wildman–Crippen LogP) is 9.26. The van der Waals surface area contributed by atoms with Crippen LogP contribution in [0.25, 0.3) is 0 Å². The average Bonchev–Trinajstić information content (AvgIpc) is 3.34. The van der Waals surface area contributed by atoms with Crippen LogP contribution in [0, 0.1) is 0 Å². The van der Waals surface area contributed by atoms with Gasteiger partial charge in [0.25, 0.3) is 0 Å². The molecule has 2 aliphatic heterocycles. The van der Waals surface area contributed by atoms with Gasteiger partial charge < -0.3 is 0 Å². The van der Waals surface area contributed by atoms with Crippen LogP contribution < -0.4 is 0 Å². The quantitative estimate of drug-likeness (QED) is 0.233. The molecule has 4 atom stereocenters. The third kappa shape index (κ3) is 4.09.